The van der Waals surface area contributed by atoms with Gasteiger partial charge in [0.25, 0.3) is 0 Å². The van der Waals surface area contributed by atoms with Gasteiger partial charge in [-0.05, 0) is 45.5 Å². The van der Waals surface area contributed by atoms with Gasteiger partial charge in [-0.25, -0.2) is 0 Å². The molecule has 0 unspecified atom stereocenters. The van der Waals surface area contributed by atoms with E-state index in [2.05, 4.69) is 24.3 Å². The smallest absolute Gasteiger partial charge is 0.119 e. The van der Waals surface area contributed by atoms with Crippen molar-refractivity contribution in [2.24, 2.45) is 0 Å². The molecule has 2 heteroatoms. The summed E-state index contributed by atoms with van der Waals surface area (Å²) >= 11 is 0. The number of hydrogen-bond acceptors (Lipinski definition) is 2. The first-order chi connectivity index (χ1) is 13.7. The van der Waals surface area contributed by atoms with Gasteiger partial charge in [-0.2, -0.15) is 0 Å². The van der Waals surface area contributed by atoms with Gasteiger partial charge in [-0.1, -0.05) is 84.9 Å². The van der Waals surface area contributed by atoms with Crippen LogP contribution in [0.1, 0.15) is 22.3 Å². The molecule has 0 fully saturated rings. The van der Waals surface area contributed by atoms with Crippen LogP contribution in [0.5, 0.6) is 11.5 Å². The minimum absolute atomic E-state index is 0.319. The summed E-state index contributed by atoms with van der Waals surface area (Å²) in [5.74, 6) is 0.639. The third kappa shape index (κ3) is 3.77. The lowest BCUT2D eigenvalue weighted by Gasteiger charge is -2.15. The Morgan fingerprint density at radius 2 is 0.714 bits per heavy atom. The van der Waals surface area contributed by atoms with E-state index in [0.29, 0.717) is 24.3 Å². The molecule has 0 saturated heterocycles. The molecule has 0 bridgehead atoms. The van der Waals surface area contributed by atoms with Crippen molar-refractivity contribution in [3.05, 3.63) is 119 Å². The summed E-state index contributed by atoms with van der Waals surface area (Å²) in [5.41, 5.74) is 6.44. The summed E-state index contributed by atoms with van der Waals surface area (Å²) in [4.78, 5) is 0. The molecule has 0 saturated carbocycles. The number of para-hydroxylation sites is 2. The van der Waals surface area contributed by atoms with E-state index in [9.17, 15) is 10.2 Å². The summed E-state index contributed by atoms with van der Waals surface area (Å²) in [6.45, 7) is 0. The first-order valence-electron chi connectivity index (χ1n) is 9.42. The lowest BCUT2D eigenvalue weighted by Crippen LogP contribution is -1.97. The number of rotatable bonds is 5. The van der Waals surface area contributed by atoms with Crippen LogP contribution in [0.15, 0.2) is 97.1 Å². The Kier molecular flexibility index (Phi) is 5.11. The molecule has 4 aromatic rings. The van der Waals surface area contributed by atoms with E-state index in [1.165, 1.54) is 0 Å². The number of hydrogen-bond donors (Lipinski definition) is 2. The van der Waals surface area contributed by atoms with Gasteiger partial charge in [0.2, 0.25) is 0 Å². The van der Waals surface area contributed by atoms with Crippen LogP contribution in [-0.2, 0) is 12.8 Å². The molecule has 2 nitrogen and oxygen atoms in total. The highest BCUT2D eigenvalue weighted by Crippen LogP contribution is 2.32. The molecule has 0 radical (unpaired) electrons. The van der Waals surface area contributed by atoms with Gasteiger partial charge in [0.15, 0.2) is 0 Å². The van der Waals surface area contributed by atoms with E-state index >= 15 is 0 Å². The Morgan fingerprint density at radius 1 is 0.393 bits per heavy atom. The SMILES string of the molecule is Oc1ccccc1Cc1ccccc1-c1ccccc1Cc1ccccc1O. The molecule has 0 heterocycles. The van der Waals surface area contributed by atoms with Gasteiger partial charge in [0.05, 0.1) is 0 Å². The molecule has 28 heavy (non-hydrogen) atoms. The molecular weight excluding hydrogens is 344 g/mol. The van der Waals surface area contributed by atoms with Crippen LogP contribution in [0.4, 0.5) is 0 Å². The van der Waals surface area contributed by atoms with Crippen molar-refractivity contribution in [3.8, 4) is 22.6 Å². The fraction of sp³-hybridized carbons (Fsp3) is 0.0769. The van der Waals surface area contributed by atoms with Crippen LogP contribution < -0.4 is 0 Å². The van der Waals surface area contributed by atoms with Gasteiger partial charge in [-0.3, -0.25) is 0 Å². The molecule has 0 amide bonds. The summed E-state index contributed by atoms with van der Waals surface area (Å²) in [7, 11) is 0. The molecule has 4 rings (SSSR count). The largest absolute Gasteiger partial charge is 0.508 e. The van der Waals surface area contributed by atoms with E-state index in [1.54, 1.807) is 12.1 Å². The maximum Gasteiger partial charge on any atom is 0.119 e. The second kappa shape index (κ2) is 8.01. The van der Waals surface area contributed by atoms with Crippen LogP contribution in [0.25, 0.3) is 11.1 Å². The molecular formula is C26H22O2. The summed E-state index contributed by atoms with van der Waals surface area (Å²) < 4.78 is 0. The Bertz CT molecular complexity index is 1010. The van der Waals surface area contributed by atoms with E-state index in [0.717, 1.165) is 33.4 Å². The van der Waals surface area contributed by atoms with Gasteiger partial charge < -0.3 is 10.2 Å². The predicted octanol–water partition coefficient (Wildman–Crippen LogP) is 5.95. The summed E-state index contributed by atoms with van der Waals surface area (Å²) in [5, 5.41) is 20.4. The number of benzene rings is 4. The first-order valence-corrected chi connectivity index (χ1v) is 9.42. The zero-order chi connectivity index (χ0) is 19.3. The molecule has 0 spiro atoms. The van der Waals surface area contributed by atoms with E-state index < -0.39 is 0 Å². The monoisotopic (exact) mass is 366 g/mol. The third-order valence-electron chi connectivity index (χ3n) is 5.07. The molecule has 138 valence electrons. The van der Waals surface area contributed by atoms with E-state index in [1.807, 2.05) is 60.7 Å². The zero-order valence-electron chi connectivity index (χ0n) is 15.5. The highest BCUT2D eigenvalue weighted by molar-refractivity contribution is 5.72. The van der Waals surface area contributed by atoms with Crippen molar-refractivity contribution in [1.82, 2.24) is 0 Å². The Morgan fingerprint density at radius 3 is 1.11 bits per heavy atom. The Balaban J connectivity index is 1.75. The van der Waals surface area contributed by atoms with Crippen LogP contribution in [0, 0.1) is 0 Å². The Labute approximate surface area is 165 Å². The topological polar surface area (TPSA) is 40.5 Å². The van der Waals surface area contributed by atoms with Gasteiger partial charge in [0, 0.05) is 12.8 Å². The second-order valence-electron chi connectivity index (χ2n) is 6.93. The summed E-state index contributed by atoms with van der Waals surface area (Å²) in [6.07, 6.45) is 1.32. The van der Waals surface area contributed by atoms with Gasteiger partial charge in [-0.15, -0.1) is 0 Å². The fourth-order valence-corrected chi connectivity index (χ4v) is 3.61. The van der Waals surface area contributed by atoms with E-state index in [-0.39, 0.29) is 0 Å². The maximum absolute atomic E-state index is 10.2. The van der Waals surface area contributed by atoms with Crippen molar-refractivity contribution in [2.45, 2.75) is 12.8 Å². The molecule has 2 N–H and O–H groups in total. The third-order valence-corrected chi connectivity index (χ3v) is 5.07. The van der Waals surface area contributed by atoms with Crippen LogP contribution >= 0.6 is 0 Å². The Hall–Kier alpha value is -3.52. The van der Waals surface area contributed by atoms with Crippen LogP contribution in [-0.4, -0.2) is 10.2 Å². The molecule has 0 aliphatic carbocycles. The summed E-state index contributed by atoms with van der Waals surface area (Å²) in [6, 6.07) is 31.6. The molecule has 4 aromatic carbocycles. The normalized spacial score (nSPS) is 10.7. The molecule has 0 aliphatic rings. The van der Waals surface area contributed by atoms with Crippen molar-refractivity contribution >= 4 is 0 Å². The van der Waals surface area contributed by atoms with Crippen LogP contribution in [0.2, 0.25) is 0 Å². The molecule has 0 aliphatic heterocycles. The average Bonchev–Trinajstić information content (AvgIpc) is 2.72. The minimum Gasteiger partial charge on any atom is -0.508 e. The lowest BCUT2D eigenvalue weighted by atomic mass is 9.90. The molecule has 0 aromatic heterocycles. The predicted molar refractivity (Wildman–Crippen MR) is 114 cm³/mol. The average molecular weight is 366 g/mol. The molecule has 0 atom stereocenters. The fourth-order valence-electron chi connectivity index (χ4n) is 3.61. The van der Waals surface area contributed by atoms with Gasteiger partial charge in [0.1, 0.15) is 11.5 Å². The lowest BCUT2D eigenvalue weighted by molar-refractivity contribution is 0.469. The van der Waals surface area contributed by atoms with Crippen molar-refractivity contribution in [1.29, 1.82) is 0 Å². The minimum atomic E-state index is 0.319. The van der Waals surface area contributed by atoms with Crippen molar-refractivity contribution in [3.63, 3.8) is 0 Å². The highest BCUT2D eigenvalue weighted by atomic mass is 16.3. The van der Waals surface area contributed by atoms with E-state index in [4.69, 9.17) is 0 Å². The first kappa shape index (κ1) is 17.9. The second-order valence-corrected chi connectivity index (χ2v) is 6.93. The van der Waals surface area contributed by atoms with Crippen LogP contribution in [0.3, 0.4) is 0 Å². The quantitative estimate of drug-likeness (QED) is 0.458. The zero-order valence-corrected chi connectivity index (χ0v) is 15.5. The van der Waals surface area contributed by atoms with Crippen molar-refractivity contribution < 1.29 is 10.2 Å². The maximum atomic E-state index is 10.2. The van der Waals surface area contributed by atoms with Gasteiger partial charge >= 0.3 is 0 Å². The number of aromatic hydroxyl groups is 2. The van der Waals surface area contributed by atoms with Crippen molar-refractivity contribution in [2.75, 3.05) is 0 Å². The highest BCUT2D eigenvalue weighted by Gasteiger charge is 2.12. The standard InChI is InChI=1S/C26H22O2/c27-25-15-7-3-11-21(25)17-19-9-1-5-13-23(19)24-14-6-2-10-20(24)18-22-12-4-8-16-26(22)28/h1-16,27-28H,17-18H2. The number of phenolic OH excluding ortho intramolecular Hbond substituents is 2. The number of phenols is 2.